The van der Waals surface area contributed by atoms with Crippen LogP contribution in [0.25, 0.3) is 0 Å². The van der Waals surface area contributed by atoms with Crippen molar-refractivity contribution < 1.29 is 14.7 Å². The molecule has 0 spiro atoms. The number of aliphatic imine (C=N–C) groups is 1. The smallest absolute Gasteiger partial charge is 0.208 e. The van der Waals surface area contributed by atoms with Crippen molar-refractivity contribution >= 4 is 5.84 Å². The van der Waals surface area contributed by atoms with Crippen molar-refractivity contribution in [2.45, 2.75) is 6.42 Å². The molecule has 0 saturated carbocycles. The van der Waals surface area contributed by atoms with Crippen LogP contribution in [-0.4, -0.2) is 31.7 Å². The second kappa shape index (κ2) is 6.98. The van der Waals surface area contributed by atoms with E-state index in [9.17, 15) is 0 Å². The number of hydrogen-bond donors (Lipinski definition) is 1. The van der Waals surface area contributed by atoms with Crippen LogP contribution in [0.1, 0.15) is 6.42 Å². The Balaban J connectivity index is 0.000000364. The highest BCUT2D eigenvalue weighted by molar-refractivity contribution is 5.75. The van der Waals surface area contributed by atoms with Crippen LogP contribution in [0.15, 0.2) is 17.4 Å². The van der Waals surface area contributed by atoms with Crippen molar-refractivity contribution in [2.24, 2.45) is 4.99 Å². The maximum absolute atomic E-state index is 8.25. The lowest BCUT2D eigenvalue weighted by molar-refractivity contribution is -0.719. The fourth-order valence-electron chi connectivity index (χ4n) is 0.898. The summed E-state index contributed by atoms with van der Waals surface area (Å²) in [4.78, 5) is 13.7. The van der Waals surface area contributed by atoms with Crippen molar-refractivity contribution in [3.8, 4) is 0 Å². The Labute approximate surface area is 81.4 Å². The van der Waals surface area contributed by atoms with E-state index < -0.39 is 5.09 Å². The summed E-state index contributed by atoms with van der Waals surface area (Å²) in [6, 6.07) is 0. The number of quaternary nitrogens is 1. The maximum Gasteiger partial charge on any atom is 0.208 e. The number of nitrogens with one attached hydrogen (secondary N) is 1. The molecule has 80 valence electrons. The van der Waals surface area contributed by atoms with Gasteiger partial charge in [0.25, 0.3) is 0 Å². The van der Waals surface area contributed by atoms with Gasteiger partial charge in [0.05, 0.1) is 31.4 Å². The summed E-state index contributed by atoms with van der Waals surface area (Å²) < 4.78 is 4.93. The van der Waals surface area contributed by atoms with Crippen molar-refractivity contribution in [3.05, 3.63) is 27.7 Å². The molecule has 1 rings (SSSR count). The predicted octanol–water partition coefficient (Wildman–Crippen LogP) is -0.818. The third-order valence-corrected chi connectivity index (χ3v) is 1.55. The Morgan fingerprint density at radius 2 is 2.21 bits per heavy atom. The monoisotopic (exact) mass is 203 g/mol. The van der Waals surface area contributed by atoms with Gasteiger partial charge < -0.3 is 20.1 Å². The van der Waals surface area contributed by atoms with Crippen LogP contribution in [-0.2, 0) is 4.74 Å². The molecule has 14 heavy (non-hydrogen) atoms. The van der Waals surface area contributed by atoms with Gasteiger partial charge in [-0.15, -0.1) is 0 Å². The average Bonchev–Trinajstić information content (AvgIpc) is 2.47. The van der Waals surface area contributed by atoms with E-state index in [1.807, 2.05) is 12.4 Å². The third kappa shape index (κ3) is 6.09. The Kier molecular flexibility index (Phi) is 6.25. The van der Waals surface area contributed by atoms with E-state index in [4.69, 9.17) is 20.1 Å². The molecule has 1 aliphatic rings. The minimum absolute atomic E-state index is 0.762. The van der Waals surface area contributed by atoms with Crippen molar-refractivity contribution in [1.82, 2.24) is 0 Å². The predicted molar refractivity (Wildman–Crippen MR) is 50.3 cm³/mol. The normalized spacial score (nSPS) is 18.4. The van der Waals surface area contributed by atoms with Gasteiger partial charge in [-0.3, -0.25) is 4.90 Å². The Bertz CT molecular complexity index is 235. The minimum Gasteiger partial charge on any atom is -0.384 e. The van der Waals surface area contributed by atoms with Gasteiger partial charge in [-0.1, -0.05) is 0 Å². The Morgan fingerprint density at radius 1 is 1.64 bits per heavy atom. The molecule has 7 heteroatoms. The van der Waals surface area contributed by atoms with E-state index in [0.29, 0.717) is 0 Å². The molecular weight excluding hydrogens is 190 g/mol. The van der Waals surface area contributed by atoms with Crippen molar-refractivity contribution in [1.29, 1.82) is 0 Å². The van der Waals surface area contributed by atoms with Gasteiger partial charge in [-0.05, 0) is 0 Å². The molecule has 0 bridgehead atoms. The lowest BCUT2D eigenvalue weighted by Gasteiger charge is -2.04. The first kappa shape index (κ1) is 12.5. The lowest BCUT2D eigenvalue weighted by Crippen LogP contribution is -3.06. The van der Waals surface area contributed by atoms with E-state index in [0.717, 1.165) is 18.9 Å². The minimum atomic E-state index is -1.75. The van der Waals surface area contributed by atoms with Gasteiger partial charge in [0.1, 0.15) is 6.20 Å². The van der Waals surface area contributed by atoms with E-state index in [1.54, 1.807) is 7.11 Å². The lowest BCUT2D eigenvalue weighted by atomic mass is 10.4. The van der Waals surface area contributed by atoms with Crippen LogP contribution in [0.2, 0.25) is 0 Å². The summed E-state index contributed by atoms with van der Waals surface area (Å²) in [6.07, 6.45) is 4.78. The zero-order valence-electron chi connectivity index (χ0n) is 8.10. The van der Waals surface area contributed by atoms with E-state index >= 15 is 0 Å². The zero-order valence-corrected chi connectivity index (χ0v) is 8.10. The second-order valence-electron chi connectivity index (χ2n) is 2.54. The SMILES string of the molecule is COCCC1=NC=C[NH+]1C.O=[N+]([O-])[O-]. The Morgan fingerprint density at radius 3 is 2.57 bits per heavy atom. The number of hydrogen-bond acceptors (Lipinski definition) is 5. The van der Waals surface area contributed by atoms with Gasteiger partial charge >= 0.3 is 0 Å². The highest BCUT2D eigenvalue weighted by Crippen LogP contribution is 1.86. The largest absolute Gasteiger partial charge is 0.384 e. The molecule has 0 aromatic heterocycles. The molecule has 0 radical (unpaired) electrons. The summed E-state index contributed by atoms with van der Waals surface area (Å²) in [6.45, 7) is 0.762. The van der Waals surface area contributed by atoms with Crippen molar-refractivity contribution in [2.75, 3.05) is 20.8 Å². The molecule has 0 aromatic rings. The molecule has 1 unspecified atom stereocenters. The van der Waals surface area contributed by atoms with Crippen molar-refractivity contribution in [3.63, 3.8) is 0 Å². The summed E-state index contributed by atoms with van der Waals surface area (Å²) in [5.41, 5.74) is 0. The average molecular weight is 203 g/mol. The first-order valence-electron chi connectivity index (χ1n) is 3.95. The van der Waals surface area contributed by atoms with Crippen LogP contribution in [0, 0.1) is 15.3 Å². The molecule has 0 aliphatic carbocycles. The molecule has 0 amide bonds. The number of amidine groups is 1. The zero-order chi connectivity index (χ0) is 11.0. The fourth-order valence-corrected chi connectivity index (χ4v) is 0.898. The van der Waals surface area contributed by atoms with Crippen LogP contribution < -0.4 is 4.90 Å². The molecule has 0 aromatic carbocycles. The van der Waals surface area contributed by atoms with Gasteiger partial charge in [0.2, 0.25) is 5.84 Å². The van der Waals surface area contributed by atoms with Gasteiger partial charge in [-0.2, -0.15) is 0 Å². The summed E-state index contributed by atoms with van der Waals surface area (Å²) in [5, 5.41) is 14.8. The van der Waals surface area contributed by atoms with E-state index in [2.05, 4.69) is 12.0 Å². The van der Waals surface area contributed by atoms with E-state index in [1.165, 1.54) is 4.90 Å². The van der Waals surface area contributed by atoms with Gasteiger partial charge in [-0.25, -0.2) is 4.99 Å². The Hall–Kier alpha value is -1.47. The number of ether oxygens (including phenoxy) is 1. The summed E-state index contributed by atoms with van der Waals surface area (Å²) in [5.74, 6) is 1.15. The summed E-state index contributed by atoms with van der Waals surface area (Å²) >= 11 is 0. The fraction of sp³-hybridized carbons (Fsp3) is 0.571. The van der Waals surface area contributed by atoms with Gasteiger partial charge in [0.15, 0.2) is 0 Å². The topological polar surface area (TPSA) is 92.2 Å². The number of rotatable bonds is 3. The number of nitrogens with zero attached hydrogens (tertiary/aromatic N) is 2. The molecule has 0 saturated heterocycles. The standard InChI is InChI=1S/C7H12N2O.NO3/c1-9-5-4-8-7(9)3-6-10-2;2-1(3)4/h4-5H,3,6H2,1-2H3;/q;-1/p+1. The molecule has 1 heterocycles. The molecule has 1 aliphatic heterocycles. The molecule has 1 N–H and O–H groups in total. The van der Waals surface area contributed by atoms with Crippen LogP contribution in [0.3, 0.4) is 0 Å². The third-order valence-electron chi connectivity index (χ3n) is 1.55. The highest BCUT2D eigenvalue weighted by Gasteiger charge is 2.12. The van der Waals surface area contributed by atoms with E-state index in [-0.39, 0.29) is 0 Å². The first-order chi connectivity index (χ1) is 6.57. The maximum atomic E-state index is 8.25. The second-order valence-corrected chi connectivity index (χ2v) is 2.54. The highest BCUT2D eigenvalue weighted by atomic mass is 16.9. The van der Waals surface area contributed by atoms with Crippen LogP contribution in [0.4, 0.5) is 0 Å². The van der Waals surface area contributed by atoms with Crippen LogP contribution >= 0.6 is 0 Å². The quantitative estimate of drug-likeness (QED) is 0.479. The summed E-state index contributed by atoms with van der Waals surface area (Å²) in [7, 11) is 3.77. The molecule has 1 atom stereocenters. The molecule has 7 nitrogen and oxygen atoms in total. The molecular formula is C7H13N3O4. The number of methoxy groups -OCH3 is 1. The van der Waals surface area contributed by atoms with Gasteiger partial charge in [0, 0.05) is 7.11 Å². The molecule has 0 fully saturated rings. The van der Waals surface area contributed by atoms with Crippen LogP contribution in [0.5, 0.6) is 0 Å². The first-order valence-corrected chi connectivity index (χ1v) is 3.95.